The number of halogens is 3. The summed E-state index contributed by atoms with van der Waals surface area (Å²) in [6.45, 7) is 0.131. The molecule has 2 aromatic carbocycles. The van der Waals surface area contributed by atoms with E-state index in [9.17, 15) is 27.9 Å². The summed E-state index contributed by atoms with van der Waals surface area (Å²) in [5.41, 5.74) is 5.63. The molecule has 1 aliphatic heterocycles. The van der Waals surface area contributed by atoms with Gasteiger partial charge < -0.3 is 20.9 Å². The topological polar surface area (TPSA) is 102 Å². The second kappa shape index (κ2) is 7.86. The molecule has 0 fully saturated rings. The quantitative estimate of drug-likeness (QED) is 0.679. The second-order valence-corrected chi connectivity index (χ2v) is 6.41. The zero-order chi connectivity index (χ0) is 21.2. The highest BCUT2D eigenvalue weighted by atomic mass is 19.4. The maximum absolute atomic E-state index is 12.9. The number of phenolic OH excluding ortho intramolecular Hbond substituents is 1. The van der Waals surface area contributed by atoms with Gasteiger partial charge in [0, 0.05) is 29.3 Å². The molecule has 0 bridgehead atoms. The highest BCUT2D eigenvalue weighted by Crippen LogP contribution is 2.38. The first-order valence-electron chi connectivity index (χ1n) is 8.60. The zero-order valence-electron chi connectivity index (χ0n) is 15.0. The van der Waals surface area contributed by atoms with Gasteiger partial charge in [-0.2, -0.15) is 13.2 Å². The average molecular weight is 406 g/mol. The Balaban J connectivity index is 1.87. The van der Waals surface area contributed by atoms with Gasteiger partial charge >= 0.3 is 6.18 Å². The zero-order valence-corrected chi connectivity index (χ0v) is 15.0. The van der Waals surface area contributed by atoms with Crippen molar-refractivity contribution in [2.45, 2.75) is 19.0 Å². The van der Waals surface area contributed by atoms with Crippen LogP contribution in [-0.2, 0) is 22.2 Å². The van der Waals surface area contributed by atoms with Gasteiger partial charge in [-0.05, 0) is 29.8 Å². The highest BCUT2D eigenvalue weighted by Gasteiger charge is 2.32. The Morgan fingerprint density at radius 1 is 1.24 bits per heavy atom. The number of rotatable bonds is 4. The first kappa shape index (κ1) is 20.2. The van der Waals surface area contributed by atoms with Crippen molar-refractivity contribution in [3.63, 3.8) is 0 Å². The van der Waals surface area contributed by atoms with Gasteiger partial charge in [-0.15, -0.1) is 0 Å². The number of amides is 2. The minimum Gasteiger partial charge on any atom is -0.508 e. The number of fused-ring (bicyclic) bond motifs is 1. The fraction of sp³-hybridized carbons (Fsp3) is 0.200. The molecule has 0 saturated carbocycles. The van der Waals surface area contributed by atoms with Crippen molar-refractivity contribution in [3.8, 4) is 11.5 Å². The Morgan fingerprint density at radius 2 is 2.00 bits per heavy atom. The van der Waals surface area contributed by atoms with Crippen molar-refractivity contribution in [1.82, 2.24) is 0 Å². The Hall–Kier alpha value is -3.49. The smallest absolute Gasteiger partial charge is 0.416 e. The number of carbonyl (C=O) groups excluding carboxylic acids is 2. The van der Waals surface area contributed by atoms with E-state index >= 15 is 0 Å². The lowest BCUT2D eigenvalue weighted by atomic mass is 9.97. The van der Waals surface area contributed by atoms with E-state index in [1.165, 1.54) is 30.3 Å². The summed E-state index contributed by atoms with van der Waals surface area (Å²) >= 11 is 0. The number of alkyl halides is 3. The van der Waals surface area contributed by atoms with E-state index in [2.05, 4.69) is 5.32 Å². The minimum atomic E-state index is -4.50. The number of primary amides is 1. The summed E-state index contributed by atoms with van der Waals surface area (Å²) in [5, 5.41) is 12.5. The largest absolute Gasteiger partial charge is 0.508 e. The van der Waals surface area contributed by atoms with Crippen LogP contribution in [0.1, 0.15) is 23.1 Å². The van der Waals surface area contributed by atoms with Crippen LogP contribution in [0.2, 0.25) is 0 Å². The van der Waals surface area contributed by atoms with Gasteiger partial charge in [0.25, 0.3) is 0 Å². The Bertz CT molecular complexity index is 1000. The van der Waals surface area contributed by atoms with Gasteiger partial charge in [-0.25, -0.2) is 0 Å². The van der Waals surface area contributed by atoms with E-state index in [0.717, 1.165) is 12.1 Å². The fourth-order valence-corrected chi connectivity index (χ4v) is 3.02. The molecule has 0 saturated heterocycles. The van der Waals surface area contributed by atoms with E-state index < -0.39 is 23.6 Å². The van der Waals surface area contributed by atoms with E-state index in [-0.39, 0.29) is 35.8 Å². The van der Waals surface area contributed by atoms with Crippen LogP contribution >= 0.6 is 0 Å². The number of ether oxygens (including phenoxy) is 1. The first-order chi connectivity index (χ1) is 13.6. The molecule has 0 radical (unpaired) electrons. The molecule has 6 nitrogen and oxygen atoms in total. The molecular formula is C20H17F3N2O4. The van der Waals surface area contributed by atoms with Crippen LogP contribution in [-0.4, -0.2) is 23.5 Å². The normalized spacial score (nSPS) is 14.8. The van der Waals surface area contributed by atoms with Gasteiger partial charge in [-0.3, -0.25) is 9.59 Å². The van der Waals surface area contributed by atoms with Crippen molar-refractivity contribution in [2.75, 3.05) is 11.9 Å². The number of phenols is 1. The van der Waals surface area contributed by atoms with Crippen LogP contribution in [0.3, 0.4) is 0 Å². The molecule has 2 amide bonds. The van der Waals surface area contributed by atoms with E-state index in [0.29, 0.717) is 17.6 Å². The molecular weight excluding hydrogens is 389 g/mol. The van der Waals surface area contributed by atoms with Crippen LogP contribution in [0, 0.1) is 0 Å². The van der Waals surface area contributed by atoms with Crippen molar-refractivity contribution in [1.29, 1.82) is 0 Å². The number of carbonyl (C=O) groups is 2. The van der Waals surface area contributed by atoms with Crippen LogP contribution in [0.5, 0.6) is 11.5 Å². The van der Waals surface area contributed by atoms with E-state index in [1.807, 2.05) is 0 Å². The molecule has 9 heteroatoms. The molecule has 152 valence electrons. The maximum Gasteiger partial charge on any atom is 0.416 e. The van der Waals surface area contributed by atoms with Crippen molar-refractivity contribution in [2.24, 2.45) is 5.73 Å². The summed E-state index contributed by atoms with van der Waals surface area (Å²) < 4.78 is 44.0. The van der Waals surface area contributed by atoms with Crippen LogP contribution in [0.25, 0.3) is 5.57 Å². The van der Waals surface area contributed by atoms with Gasteiger partial charge in [0.2, 0.25) is 11.8 Å². The molecule has 2 aromatic rings. The second-order valence-electron chi connectivity index (χ2n) is 6.41. The summed E-state index contributed by atoms with van der Waals surface area (Å²) in [4.78, 5) is 23.7. The lowest BCUT2D eigenvalue weighted by Gasteiger charge is -2.21. The Kier molecular flexibility index (Phi) is 5.49. The Labute approximate surface area is 163 Å². The molecule has 0 unspecified atom stereocenters. The number of aromatic hydroxyl groups is 1. The molecule has 0 aromatic heterocycles. The molecule has 0 atom stereocenters. The maximum atomic E-state index is 12.9. The molecule has 1 heterocycles. The molecule has 29 heavy (non-hydrogen) atoms. The number of hydrogen-bond donors (Lipinski definition) is 3. The number of nitrogens with one attached hydrogen (secondary N) is 1. The third-order valence-electron chi connectivity index (χ3n) is 4.35. The third kappa shape index (κ3) is 4.68. The van der Waals surface area contributed by atoms with Gasteiger partial charge in [0.05, 0.1) is 18.6 Å². The summed E-state index contributed by atoms with van der Waals surface area (Å²) in [7, 11) is 0. The highest BCUT2D eigenvalue weighted by molar-refractivity contribution is 6.05. The van der Waals surface area contributed by atoms with Crippen LogP contribution in [0.4, 0.5) is 18.9 Å². The van der Waals surface area contributed by atoms with Crippen molar-refractivity contribution < 1.29 is 32.6 Å². The number of nitrogens with two attached hydrogens (primary N) is 1. The summed E-state index contributed by atoms with van der Waals surface area (Å²) in [6.07, 6.45) is -3.17. The van der Waals surface area contributed by atoms with Crippen molar-refractivity contribution >= 4 is 23.1 Å². The third-order valence-corrected chi connectivity index (χ3v) is 4.35. The summed E-state index contributed by atoms with van der Waals surface area (Å²) in [5.74, 6) is -1.38. The first-order valence-corrected chi connectivity index (χ1v) is 8.60. The van der Waals surface area contributed by atoms with E-state index in [1.54, 1.807) is 0 Å². The molecule has 0 spiro atoms. The van der Waals surface area contributed by atoms with Crippen LogP contribution < -0.4 is 15.8 Å². The Morgan fingerprint density at radius 3 is 2.69 bits per heavy atom. The standard InChI is InChI=1S/C20H17F3N2O4/c21-20(22,23)12-4-5-13-11(6-7-29-17(13)9-12)8-19(28)25-15-2-1-3-16(26)14(15)10-18(24)27/h1-5,8-9,26H,6-7,10H2,(H2,24,27)(H,25,28)/b11-8+. The molecule has 1 aliphatic rings. The van der Waals surface area contributed by atoms with Gasteiger partial charge in [0.15, 0.2) is 0 Å². The predicted molar refractivity (Wildman–Crippen MR) is 99.2 cm³/mol. The predicted octanol–water partition coefficient (Wildman–Crippen LogP) is 3.24. The monoisotopic (exact) mass is 406 g/mol. The lowest BCUT2D eigenvalue weighted by molar-refractivity contribution is -0.137. The minimum absolute atomic E-state index is 0.0527. The summed E-state index contributed by atoms with van der Waals surface area (Å²) in [6, 6.07) is 7.45. The van der Waals surface area contributed by atoms with Gasteiger partial charge in [-0.1, -0.05) is 12.1 Å². The number of anilines is 1. The lowest BCUT2D eigenvalue weighted by Crippen LogP contribution is -2.17. The number of hydrogen-bond acceptors (Lipinski definition) is 4. The molecule has 3 rings (SSSR count). The fourth-order valence-electron chi connectivity index (χ4n) is 3.02. The molecule has 0 aliphatic carbocycles. The van der Waals surface area contributed by atoms with Gasteiger partial charge in [0.1, 0.15) is 11.5 Å². The van der Waals surface area contributed by atoms with Crippen LogP contribution in [0.15, 0.2) is 42.5 Å². The SMILES string of the molecule is NC(=O)Cc1c(O)cccc1NC(=O)/C=C1\CCOc2cc(C(F)(F)F)ccc21. The molecule has 4 N–H and O–H groups in total. The van der Waals surface area contributed by atoms with E-state index in [4.69, 9.17) is 10.5 Å². The average Bonchev–Trinajstić information content (AvgIpc) is 2.63. The number of benzene rings is 2. The van der Waals surface area contributed by atoms with Crippen molar-refractivity contribution in [3.05, 3.63) is 59.2 Å².